The number of amides is 3. The number of nitrogens with one attached hydrogen (secondary N) is 1. The van der Waals surface area contributed by atoms with E-state index in [-0.39, 0.29) is 36.0 Å². The lowest BCUT2D eigenvalue weighted by Crippen LogP contribution is -2.56. The number of nitrogens with zero attached hydrogens (tertiary/aromatic N) is 4. The lowest BCUT2D eigenvalue weighted by molar-refractivity contribution is -0.137. The fourth-order valence-electron chi connectivity index (χ4n) is 4.99. The van der Waals surface area contributed by atoms with Crippen LogP contribution in [0.1, 0.15) is 32.3 Å². The maximum atomic E-state index is 13.4. The fourth-order valence-corrected chi connectivity index (χ4v) is 6.60. The summed E-state index contributed by atoms with van der Waals surface area (Å²) in [5.74, 6) is -0.735. The number of sulfonamides is 1. The van der Waals surface area contributed by atoms with E-state index in [2.05, 4.69) is 10.3 Å². The van der Waals surface area contributed by atoms with Crippen molar-refractivity contribution in [2.24, 2.45) is 0 Å². The average Bonchev–Trinajstić information content (AvgIpc) is 3.61. The molecule has 1 fully saturated rings. The number of urea groups is 1. The van der Waals surface area contributed by atoms with Crippen molar-refractivity contribution >= 4 is 38.7 Å². The molecule has 11 nitrogen and oxygen atoms in total. The first-order chi connectivity index (χ1) is 19.8. The number of aromatic nitrogens is 1. The van der Waals surface area contributed by atoms with Gasteiger partial charge in [0.2, 0.25) is 11.0 Å². The summed E-state index contributed by atoms with van der Waals surface area (Å²) in [7, 11) is -4.14. The van der Waals surface area contributed by atoms with Gasteiger partial charge in [-0.05, 0) is 44.9 Å². The molecule has 15 heteroatoms. The van der Waals surface area contributed by atoms with Gasteiger partial charge in [-0.2, -0.15) is 17.5 Å². The standard InChI is InChI=1S/C27H28F3N5O6S/c1-16(2)35-25(37)18(15-33(26(35)38)22-10-9-19(14-31-22)27(28,29)30)13-32-24(36)20-7-5-11-34(20)42(39,40)23-12-17-6-3-4-8-21(17)41-23/h3-4,6,8-10,12,14-16,20,25,37H,5,7,11,13H2,1-2H3,(H,32,36)/t20-,25?/m0/s1. The number of para-hydroxylation sites is 1. The number of rotatable bonds is 7. The summed E-state index contributed by atoms with van der Waals surface area (Å²) in [6.07, 6.45) is -3.58. The summed E-state index contributed by atoms with van der Waals surface area (Å²) in [5, 5.41) is 13.9. The molecule has 0 bridgehead atoms. The van der Waals surface area contributed by atoms with Gasteiger partial charge in [-0.1, -0.05) is 18.2 Å². The first-order valence-corrected chi connectivity index (χ1v) is 14.5. The first kappa shape index (κ1) is 29.5. The molecule has 2 aromatic heterocycles. The number of hydrogen-bond acceptors (Lipinski definition) is 7. The molecule has 224 valence electrons. The largest absolute Gasteiger partial charge is 0.443 e. The van der Waals surface area contributed by atoms with E-state index in [1.807, 2.05) is 0 Å². The number of pyridine rings is 1. The van der Waals surface area contributed by atoms with Crippen LogP contribution in [0.15, 0.2) is 69.9 Å². The van der Waals surface area contributed by atoms with Crippen molar-refractivity contribution in [3.63, 3.8) is 0 Å². The quantitative estimate of drug-likeness (QED) is 0.418. The number of carbonyl (C=O) groups is 2. The molecule has 5 rings (SSSR count). The number of aliphatic hydroxyl groups is 1. The highest BCUT2D eigenvalue weighted by Crippen LogP contribution is 2.32. The lowest BCUT2D eigenvalue weighted by atomic mass is 10.1. The molecule has 2 aliphatic rings. The predicted molar refractivity (Wildman–Crippen MR) is 144 cm³/mol. The molecular formula is C27H28F3N5O6S. The summed E-state index contributed by atoms with van der Waals surface area (Å²) in [5.41, 5.74) is -0.458. The minimum Gasteiger partial charge on any atom is -0.443 e. The minimum absolute atomic E-state index is 0.103. The summed E-state index contributed by atoms with van der Waals surface area (Å²) < 4.78 is 72.4. The summed E-state index contributed by atoms with van der Waals surface area (Å²) in [4.78, 5) is 32.2. The van der Waals surface area contributed by atoms with Crippen LogP contribution >= 0.6 is 0 Å². The number of alkyl halides is 3. The van der Waals surface area contributed by atoms with Gasteiger partial charge in [0.1, 0.15) is 17.4 Å². The Morgan fingerprint density at radius 3 is 2.60 bits per heavy atom. The molecule has 0 aliphatic carbocycles. The molecule has 1 unspecified atom stereocenters. The van der Waals surface area contributed by atoms with Crippen molar-refractivity contribution in [3.8, 4) is 0 Å². The number of aliphatic hydroxyl groups excluding tert-OH is 1. The molecule has 0 radical (unpaired) electrons. The van der Waals surface area contributed by atoms with E-state index >= 15 is 0 Å². The van der Waals surface area contributed by atoms with E-state index < -0.39 is 52.0 Å². The summed E-state index contributed by atoms with van der Waals surface area (Å²) >= 11 is 0. The number of hydrogen-bond donors (Lipinski definition) is 2. The highest BCUT2D eigenvalue weighted by Gasteiger charge is 2.42. The zero-order valence-electron chi connectivity index (χ0n) is 22.6. The second-order valence-corrected chi connectivity index (χ2v) is 12.1. The summed E-state index contributed by atoms with van der Waals surface area (Å²) in [6, 6.07) is 7.74. The smallest absolute Gasteiger partial charge is 0.417 e. The van der Waals surface area contributed by atoms with Gasteiger partial charge in [0.05, 0.1) is 5.56 Å². The molecule has 42 heavy (non-hydrogen) atoms. The number of furan rings is 1. The van der Waals surface area contributed by atoms with Gasteiger partial charge in [-0.3, -0.25) is 14.6 Å². The van der Waals surface area contributed by atoms with Gasteiger partial charge >= 0.3 is 12.2 Å². The van der Waals surface area contributed by atoms with Crippen molar-refractivity contribution in [2.75, 3.05) is 18.0 Å². The maximum absolute atomic E-state index is 13.4. The first-order valence-electron chi connectivity index (χ1n) is 13.1. The molecule has 1 aromatic carbocycles. The van der Waals surface area contributed by atoms with Crippen LogP contribution in [0.4, 0.5) is 23.8 Å². The molecule has 2 N–H and O–H groups in total. The third kappa shape index (κ3) is 5.46. The van der Waals surface area contributed by atoms with Crippen molar-refractivity contribution in [1.82, 2.24) is 19.5 Å². The van der Waals surface area contributed by atoms with Crippen LogP contribution in [0.5, 0.6) is 0 Å². The minimum atomic E-state index is -4.62. The van der Waals surface area contributed by atoms with Crippen molar-refractivity contribution < 1.29 is 40.7 Å². The molecule has 1 saturated heterocycles. The van der Waals surface area contributed by atoms with Crippen molar-refractivity contribution in [1.29, 1.82) is 0 Å². The molecular weight excluding hydrogens is 579 g/mol. The molecule has 4 heterocycles. The Kier molecular flexibility index (Phi) is 7.76. The topological polar surface area (TPSA) is 136 Å². The van der Waals surface area contributed by atoms with Crippen LogP contribution < -0.4 is 10.2 Å². The Bertz CT molecular complexity index is 1600. The van der Waals surface area contributed by atoms with Gasteiger partial charge in [0, 0.05) is 48.6 Å². The van der Waals surface area contributed by atoms with E-state index in [1.165, 1.54) is 12.3 Å². The van der Waals surface area contributed by atoms with Crippen LogP contribution in [-0.4, -0.2) is 71.1 Å². The van der Waals surface area contributed by atoms with E-state index in [0.29, 0.717) is 23.6 Å². The summed E-state index contributed by atoms with van der Waals surface area (Å²) in [6.45, 7) is 3.11. The highest BCUT2D eigenvalue weighted by molar-refractivity contribution is 7.89. The second kappa shape index (κ2) is 11.0. The molecule has 0 spiro atoms. The third-order valence-electron chi connectivity index (χ3n) is 7.13. The Morgan fingerprint density at radius 2 is 1.95 bits per heavy atom. The maximum Gasteiger partial charge on any atom is 0.417 e. The van der Waals surface area contributed by atoms with Gasteiger partial charge in [0.15, 0.2) is 6.23 Å². The molecule has 3 amide bonds. The van der Waals surface area contributed by atoms with Crippen LogP contribution in [0, 0.1) is 0 Å². The SMILES string of the molecule is CC(C)N1C(=O)N(c2ccc(C(F)(F)F)cn2)C=C(CNC(=O)[C@@H]2CCCN2S(=O)(=O)c2cc3ccccc3o2)C1O. The lowest BCUT2D eigenvalue weighted by Gasteiger charge is -2.40. The van der Waals surface area contributed by atoms with E-state index in [4.69, 9.17) is 4.42 Å². The van der Waals surface area contributed by atoms with E-state index in [9.17, 15) is 36.3 Å². The molecule has 0 saturated carbocycles. The van der Waals surface area contributed by atoms with Gasteiger partial charge in [-0.15, -0.1) is 0 Å². The van der Waals surface area contributed by atoms with Gasteiger partial charge in [0.25, 0.3) is 10.0 Å². The van der Waals surface area contributed by atoms with Gasteiger partial charge < -0.3 is 14.8 Å². The number of carbonyl (C=O) groups excluding carboxylic acids is 2. The van der Waals surface area contributed by atoms with Crippen LogP contribution in [0.3, 0.4) is 0 Å². The monoisotopic (exact) mass is 607 g/mol. The Labute approximate surface area is 239 Å². The van der Waals surface area contributed by atoms with E-state index in [1.54, 1.807) is 38.1 Å². The van der Waals surface area contributed by atoms with Crippen molar-refractivity contribution in [2.45, 2.75) is 56.3 Å². The Balaban J connectivity index is 1.36. The second-order valence-electron chi connectivity index (χ2n) is 10.2. The highest BCUT2D eigenvalue weighted by atomic mass is 32.2. The van der Waals surface area contributed by atoms with Crippen LogP contribution in [0.2, 0.25) is 0 Å². The van der Waals surface area contributed by atoms with Crippen LogP contribution in [0.25, 0.3) is 11.0 Å². The van der Waals surface area contributed by atoms with Crippen LogP contribution in [-0.2, 0) is 21.0 Å². The zero-order valence-corrected chi connectivity index (χ0v) is 23.4. The number of halogens is 3. The fraction of sp³-hybridized carbons (Fsp3) is 0.370. The Morgan fingerprint density at radius 1 is 1.21 bits per heavy atom. The molecule has 3 aromatic rings. The number of anilines is 1. The average molecular weight is 608 g/mol. The molecule has 2 atom stereocenters. The normalized spacial score (nSPS) is 20.5. The third-order valence-corrected chi connectivity index (χ3v) is 8.90. The van der Waals surface area contributed by atoms with Crippen molar-refractivity contribution in [3.05, 3.63) is 66.0 Å². The number of fused-ring (bicyclic) bond motifs is 1. The van der Waals surface area contributed by atoms with E-state index in [0.717, 1.165) is 26.2 Å². The number of benzene rings is 1. The zero-order chi connectivity index (χ0) is 30.4. The predicted octanol–water partition coefficient (Wildman–Crippen LogP) is 3.67. The molecule has 2 aliphatic heterocycles. The Hall–Kier alpha value is -3.95. The van der Waals surface area contributed by atoms with Gasteiger partial charge in [-0.25, -0.2) is 18.2 Å².